The van der Waals surface area contributed by atoms with Gasteiger partial charge in [-0.25, -0.2) is 4.98 Å². The van der Waals surface area contributed by atoms with E-state index >= 15 is 0 Å². The van der Waals surface area contributed by atoms with Crippen LogP contribution in [-0.4, -0.2) is 22.0 Å². The Bertz CT molecular complexity index is 1070. The molecule has 3 aromatic rings. The molecule has 2 N–H and O–H groups in total. The summed E-state index contributed by atoms with van der Waals surface area (Å²) in [7, 11) is 0. The van der Waals surface area contributed by atoms with E-state index in [9.17, 15) is 9.59 Å². The van der Waals surface area contributed by atoms with Gasteiger partial charge in [0, 0.05) is 23.0 Å². The highest BCUT2D eigenvalue weighted by Crippen LogP contribution is 2.31. The number of benzene rings is 1. The van der Waals surface area contributed by atoms with E-state index in [2.05, 4.69) is 20.8 Å². The zero-order valence-electron chi connectivity index (χ0n) is 16.1. The first kappa shape index (κ1) is 18.2. The molecule has 2 aromatic heterocycles. The maximum atomic E-state index is 13.0. The van der Waals surface area contributed by atoms with Crippen molar-refractivity contribution in [1.29, 1.82) is 0 Å². The second kappa shape index (κ2) is 7.07. The Balaban J connectivity index is 1.61. The van der Waals surface area contributed by atoms with Crippen molar-refractivity contribution in [3.8, 4) is 0 Å². The minimum Gasteiger partial charge on any atom is -0.336 e. The Kier molecular flexibility index (Phi) is 4.58. The van der Waals surface area contributed by atoms with Crippen molar-refractivity contribution in [3.05, 3.63) is 47.3 Å². The molecule has 4 rings (SSSR count). The van der Waals surface area contributed by atoms with Crippen LogP contribution in [0.5, 0.6) is 0 Å². The van der Waals surface area contributed by atoms with Crippen LogP contribution in [0, 0.1) is 12.8 Å². The second-order valence-electron chi connectivity index (χ2n) is 7.50. The number of carbonyl (C=O) groups excluding carboxylic acids is 2. The third-order valence-electron chi connectivity index (χ3n) is 4.81. The molecule has 0 saturated heterocycles. The number of hydrogen-bond acceptors (Lipinski definition) is 5. The van der Waals surface area contributed by atoms with Crippen LogP contribution in [0.2, 0.25) is 0 Å². The number of hydrogen-bond donors (Lipinski definition) is 2. The first-order valence-corrected chi connectivity index (χ1v) is 9.41. The molecular weight excluding hydrogens is 356 g/mol. The van der Waals surface area contributed by atoms with Gasteiger partial charge >= 0.3 is 0 Å². The second-order valence-corrected chi connectivity index (χ2v) is 7.50. The number of rotatable bonds is 5. The van der Waals surface area contributed by atoms with Gasteiger partial charge in [-0.2, -0.15) is 0 Å². The van der Waals surface area contributed by atoms with Gasteiger partial charge in [0.25, 0.3) is 11.6 Å². The Hall–Kier alpha value is -3.22. The van der Waals surface area contributed by atoms with E-state index in [1.165, 1.54) is 0 Å². The Labute approximate surface area is 162 Å². The first-order chi connectivity index (χ1) is 13.4. The average molecular weight is 378 g/mol. The van der Waals surface area contributed by atoms with Crippen molar-refractivity contribution in [2.24, 2.45) is 5.92 Å². The number of carbonyl (C=O) groups is 2. The zero-order valence-corrected chi connectivity index (χ0v) is 16.1. The number of amides is 2. The minimum atomic E-state index is -0.272. The van der Waals surface area contributed by atoms with Crippen LogP contribution in [0.25, 0.3) is 11.1 Å². The molecule has 1 fully saturated rings. The first-order valence-electron chi connectivity index (χ1n) is 9.41. The molecule has 0 aliphatic heterocycles. The van der Waals surface area contributed by atoms with Crippen molar-refractivity contribution in [3.63, 3.8) is 0 Å². The molecular formula is C21H22N4O3. The minimum absolute atomic E-state index is 0.0287. The molecule has 1 aliphatic rings. The largest absolute Gasteiger partial charge is 0.336 e. The highest BCUT2D eigenvalue weighted by Gasteiger charge is 2.29. The van der Waals surface area contributed by atoms with Gasteiger partial charge in [-0.3, -0.25) is 9.59 Å². The Morgan fingerprint density at radius 1 is 1.14 bits per heavy atom. The summed E-state index contributed by atoms with van der Waals surface area (Å²) >= 11 is 0. The van der Waals surface area contributed by atoms with E-state index in [0.29, 0.717) is 33.7 Å². The molecule has 1 aromatic carbocycles. The number of nitrogens with zero attached hydrogens (tertiary/aromatic N) is 2. The standard InChI is InChI=1S/C21H22N4O3/c1-11(2)17-10-16(18-12(3)25-28-21(18)24-17)20(27)23-15-6-4-5-14(9-15)22-19(26)13-7-8-13/h4-6,9-11,13H,7-8H2,1-3H3,(H,22,26)(H,23,27). The Morgan fingerprint density at radius 2 is 1.86 bits per heavy atom. The normalized spacial score (nSPS) is 13.7. The van der Waals surface area contributed by atoms with Gasteiger partial charge in [-0.05, 0) is 49.9 Å². The van der Waals surface area contributed by atoms with Gasteiger partial charge < -0.3 is 15.2 Å². The molecule has 2 heterocycles. The Morgan fingerprint density at radius 3 is 2.54 bits per heavy atom. The maximum Gasteiger partial charge on any atom is 0.259 e. The maximum absolute atomic E-state index is 13.0. The van der Waals surface area contributed by atoms with Gasteiger partial charge in [-0.15, -0.1) is 0 Å². The molecule has 0 unspecified atom stereocenters. The van der Waals surface area contributed by atoms with E-state index in [1.807, 2.05) is 19.9 Å². The molecule has 1 saturated carbocycles. The van der Waals surface area contributed by atoms with Crippen LogP contribution in [-0.2, 0) is 4.79 Å². The zero-order chi connectivity index (χ0) is 19.8. The van der Waals surface area contributed by atoms with E-state index in [1.54, 1.807) is 31.2 Å². The van der Waals surface area contributed by atoms with Gasteiger partial charge in [0.2, 0.25) is 5.91 Å². The summed E-state index contributed by atoms with van der Waals surface area (Å²) in [5, 5.41) is 10.4. The fraction of sp³-hybridized carbons (Fsp3) is 0.333. The number of aryl methyl sites for hydroxylation is 1. The number of aromatic nitrogens is 2. The van der Waals surface area contributed by atoms with Crippen molar-refractivity contribution < 1.29 is 14.1 Å². The quantitative estimate of drug-likeness (QED) is 0.691. The summed E-state index contributed by atoms with van der Waals surface area (Å²) < 4.78 is 5.28. The van der Waals surface area contributed by atoms with Crippen LogP contribution in [0.15, 0.2) is 34.9 Å². The van der Waals surface area contributed by atoms with Gasteiger partial charge in [0.1, 0.15) is 0 Å². The van der Waals surface area contributed by atoms with E-state index in [0.717, 1.165) is 18.5 Å². The number of anilines is 2. The topological polar surface area (TPSA) is 97.1 Å². The van der Waals surface area contributed by atoms with Crippen molar-refractivity contribution in [2.75, 3.05) is 10.6 Å². The SMILES string of the molecule is Cc1noc2nc(C(C)C)cc(C(=O)Nc3cccc(NC(=O)C4CC4)c3)c12. The van der Waals surface area contributed by atoms with Gasteiger partial charge in [0.05, 0.1) is 16.6 Å². The van der Waals surface area contributed by atoms with Gasteiger partial charge in [0.15, 0.2) is 0 Å². The molecule has 0 radical (unpaired) electrons. The highest BCUT2D eigenvalue weighted by molar-refractivity contribution is 6.12. The van der Waals surface area contributed by atoms with E-state index in [-0.39, 0.29) is 23.7 Å². The molecule has 0 spiro atoms. The van der Waals surface area contributed by atoms with Gasteiger partial charge in [-0.1, -0.05) is 25.1 Å². The molecule has 2 amide bonds. The highest BCUT2D eigenvalue weighted by atomic mass is 16.5. The van der Waals surface area contributed by atoms with E-state index < -0.39 is 0 Å². The summed E-state index contributed by atoms with van der Waals surface area (Å²) in [6.45, 7) is 5.80. The van der Waals surface area contributed by atoms with Crippen molar-refractivity contribution >= 4 is 34.3 Å². The van der Waals surface area contributed by atoms with Crippen LogP contribution in [0.4, 0.5) is 11.4 Å². The lowest BCUT2D eigenvalue weighted by Crippen LogP contribution is -2.15. The van der Waals surface area contributed by atoms with Crippen LogP contribution < -0.4 is 10.6 Å². The predicted octanol–water partition coefficient (Wildman–Crippen LogP) is 4.26. The monoisotopic (exact) mass is 378 g/mol. The van der Waals surface area contributed by atoms with Crippen LogP contribution in [0.3, 0.4) is 0 Å². The third kappa shape index (κ3) is 3.60. The molecule has 7 heteroatoms. The van der Waals surface area contributed by atoms with E-state index in [4.69, 9.17) is 4.52 Å². The molecule has 0 atom stereocenters. The lowest BCUT2D eigenvalue weighted by molar-refractivity contribution is -0.117. The fourth-order valence-electron chi connectivity index (χ4n) is 3.05. The predicted molar refractivity (Wildman–Crippen MR) is 106 cm³/mol. The summed E-state index contributed by atoms with van der Waals surface area (Å²) in [6.07, 6.45) is 1.88. The molecule has 144 valence electrons. The van der Waals surface area contributed by atoms with Crippen molar-refractivity contribution in [1.82, 2.24) is 10.1 Å². The lowest BCUT2D eigenvalue weighted by Gasteiger charge is -2.11. The number of nitrogens with one attached hydrogen (secondary N) is 2. The fourth-order valence-corrected chi connectivity index (χ4v) is 3.05. The van der Waals surface area contributed by atoms with Crippen LogP contribution >= 0.6 is 0 Å². The van der Waals surface area contributed by atoms with Crippen LogP contribution in [0.1, 0.15) is 54.4 Å². The number of fused-ring (bicyclic) bond motifs is 1. The number of pyridine rings is 1. The molecule has 7 nitrogen and oxygen atoms in total. The summed E-state index contributed by atoms with van der Waals surface area (Å²) in [5.74, 6) is 0.0175. The van der Waals surface area contributed by atoms with Crippen molar-refractivity contribution in [2.45, 2.75) is 39.5 Å². The smallest absolute Gasteiger partial charge is 0.259 e. The molecule has 28 heavy (non-hydrogen) atoms. The summed E-state index contributed by atoms with van der Waals surface area (Å²) in [5.41, 5.74) is 3.48. The third-order valence-corrected chi connectivity index (χ3v) is 4.81. The molecule has 1 aliphatic carbocycles. The summed E-state index contributed by atoms with van der Waals surface area (Å²) in [6, 6.07) is 8.92. The average Bonchev–Trinajstić information content (AvgIpc) is 3.45. The lowest BCUT2D eigenvalue weighted by atomic mass is 10.0. The summed E-state index contributed by atoms with van der Waals surface area (Å²) in [4.78, 5) is 29.4. The molecule has 0 bridgehead atoms.